The summed E-state index contributed by atoms with van der Waals surface area (Å²) in [6.45, 7) is 0.243. The smallest absolute Gasteiger partial charge is 0.404 e. The van der Waals surface area contributed by atoms with Gasteiger partial charge in [0.05, 0.1) is 5.75 Å². The van der Waals surface area contributed by atoms with Gasteiger partial charge in [0, 0.05) is 13.1 Å². The van der Waals surface area contributed by atoms with E-state index in [2.05, 4.69) is 9.46 Å². The van der Waals surface area contributed by atoms with Gasteiger partial charge in [0.25, 0.3) is 0 Å². The number of carbonyl (C=O) groups is 1. The lowest BCUT2D eigenvalue weighted by atomic mass is 10.1. The van der Waals surface area contributed by atoms with Gasteiger partial charge in [0.2, 0.25) is 10.0 Å². The maximum Gasteiger partial charge on any atom is 0.404 e. The molecule has 0 aromatic heterocycles. The van der Waals surface area contributed by atoms with Gasteiger partial charge < -0.3 is 16.2 Å². The number of amides is 1. The average molecular weight is 287 g/mol. The van der Waals surface area contributed by atoms with Crippen LogP contribution in [0.15, 0.2) is 24.3 Å². The third-order valence-corrected chi connectivity index (χ3v) is 3.61. The number of hydrogen-bond acceptors (Lipinski definition) is 5. The van der Waals surface area contributed by atoms with E-state index in [-0.39, 0.29) is 18.9 Å². The highest BCUT2D eigenvalue weighted by Gasteiger charge is 2.11. The monoisotopic (exact) mass is 287 g/mol. The Bertz CT molecular complexity index is 530. The Morgan fingerprint density at radius 1 is 1.32 bits per heavy atom. The van der Waals surface area contributed by atoms with E-state index in [9.17, 15) is 13.2 Å². The van der Waals surface area contributed by atoms with Crippen LogP contribution in [0.4, 0.5) is 4.79 Å². The van der Waals surface area contributed by atoms with Crippen LogP contribution < -0.4 is 16.2 Å². The number of nitrogens with one attached hydrogen (secondary N) is 1. The number of rotatable bonds is 7. The van der Waals surface area contributed by atoms with Crippen molar-refractivity contribution in [1.29, 1.82) is 0 Å². The largest absolute Gasteiger partial charge is 0.448 e. The zero-order valence-electron chi connectivity index (χ0n) is 10.3. The van der Waals surface area contributed by atoms with Gasteiger partial charge in [-0.25, -0.2) is 17.9 Å². The first-order valence-corrected chi connectivity index (χ1v) is 7.25. The molecule has 0 bridgehead atoms. The van der Waals surface area contributed by atoms with Crippen molar-refractivity contribution in [3.8, 4) is 0 Å². The molecule has 1 aromatic carbocycles. The number of benzene rings is 1. The minimum Gasteiger partial charge on any atom is -0.448 e. The number of primary amides is 1. The van der Waals surface area contributed by atoms with Crippen LogP contribution in [0.25, 0.3) is 0 Å². The molecule has 7 nitrogen and oxygen atoms in total. The summed E-state index contributed by atoms with van der Waals surface area (Å²) in [5.74, 6) is -0.155. The van der Waals surface area contributed by atoms with Crippen LogP contribution in [0.1, 0.15) is 11.1 Å². The Hall–Kier alpha value is -1.64. The van der Waals surface area contributed by atoms with E-state index < -0.39 is 16.1 Å². The molecule has 0 saturated carbocycles. The third kappa shape index (κ3) is 6.18. The topological polar surface area (TPSA) is 125 Å². The number of nitrogens with two attached hydrogens (primary N) is 2. The predicted molar refractivity (Wildman–Crippen MR) is 70.5 cm³/mol. The second-order valence-corrected chi connectivity index (χ2v) is 5.65. The standard InChI is InChI=1S/C11H17N3O4S/c12-7-9-2-1-3-10(6-9)8-19(16,17)14-4-5-18-11(13)15/h1-3,6,14H,4-5,7-8,12H2,(H2,13,15). The summed E-state index contributed by atoms with van der Waals surface area (Å²) in [4.78, 5) is 10.3. The minimum atomic E-state index is -3.48. The normalized spacial score (nSPS) is 11.2. The van der Waals surface area contributed by atoms with Gasteiger partial charge in [-0.3, -0.25) is 0 Å². The molecular formula is C11H17N3O4S. The maximum absolute atomic E-state index is 11.7. The number of hydrogen-bond donors (Lipinski definition) is 3. The molecule has 0 unspecified atom stereocenters. The van der Waals surface area contributed by atoms with E-state index in [1.165, 1.54) is 0 Å². The number of sulfonamides is 1. The van der Waals surface area contributed by atoms with Crippen molar-refractivity contribution in [2.75, 3.05) is 13.2 Å². The first kappa shape index (κ1) is 15.4. The zero-order valence-corrected chi connectivity index (χ0v) is 11.2. The van der Waals surface area contributed by atoms with Crippen LogP contribution in [-0.2, 0) is 27.1 Å². The van der Waals surface area contributed by atoms with Crippen LogP contribution in [0.2, 0.25) is 0 Å². The Balaban J connectivity index is 2.51. The van der Waals surface area contributed by atoms with Crippen molar-refractivity contribution < 1.29 is 17.9 Å². The second-order valence-electron chi connectivity index (χ2n) is 3.84. The molecular weight excluding hydrogens is 270 g/mol. The average Bonchev–Trinajstić information content (AvgIpc) is 2.34. The van der Waals surface area contributed by atoms with Gasteiger partial charge in [-0.05, 0) is 11.1 Å². The van der Waals surface area contributed by atoms with E-state index in [1.807, 2.05) is 6.07 Å². The van der Waals surface area contributed by atoms with Crippen LogP contribution in [0.5, 0.6) is 0 Å². The van der Waals surface area contributed by atoms with Crippen molar-refractivity contribution in [2.24, 2.45) is 11.5 Å². The SMILES string of the molecule is NCc1cccc(CS(=O)(=O)NCCOC(N)=O)c1. The van der Waals surface area contributed by atoms with E-state index >= 15 is 0 Å². The van der Waals surface area contributed by atoms with Crippen LogP contribution in [-0.4, -0.2) is 27.7 Å². The van der Waals surface area contributed by atoms with E-state index in [4.69, 9.17) is 11.5 Å². The minimum absolute atomic E-state index is 0.0121. The molecule has 0 aliphatic rings. The van der Waals surface area contributed by atoms with E-state index in [0.717, 1.165) is 5.56 Å². The summed E-state index contributed by atoms with van der Waals surface area (Å²) in [7, 11) is -3.48. The molecule has 19 heavy (non-hydrogen) atoms. The second kappa shape index (κ2) is 7.07. The Labute approximate surface area is 112 Å². The Kier molecular flexibility index (Phi) is 5.74. The molecule has 0 aliphatic heterocycles. The molecule has 1 aromatic rings. The molecule has 1 amide bonds. The van der Waals surface area contributed by atoms with Crippen molar-refractivity contribution in [3.05, 3.63) is 35.4 Å². The van der Waals surface area contributed by atoms with Gasteiger partial charge >= 0.3 is 6.09 Å². The van der Waals surface area contributed by atoms with Crippen molar-refractivity contribution in [3.63, 3.8) is 0 Å². The summed E-state index contributed by atoms with van der Waals surface area (Å²) in [5.41, 5.74) is 11.7. The van der Waals surface area contributed by atoms with Gasteiger partial charge in [0.1, 0.15) is 6.61 Å². The lowest BCUT2D eigenvalue weighted by Gasteiger charge is -2.07. The molecule has 0 atom stereocenters. The fraction of sp³-hybridized carbons (Fsp3) is 0.364. The van der Waals surface area contributed by atoms with Crippen LogP contribution in [0, 0.1) is 0 Å². The predicted octanol–water partition coefficient (Wildman–Crippen LogP) is -0.340. The summed E-state index contributed by atoms with van der Waals surface area (Å²) < 4.78 is 30.2. The van der Waals surface area contributed by atoms with Crippen LogP contribution in [0.3, 0.4) is 0 Å². The lowest BCUT2D eigenvalue weighted by molar-refractivity contribution is 0.159. The van der Waals surface area contributed by atoms with Crippen molar-refractivity contribution in [2.45, 2.75) is 12.3 Å². The highest BCUT2D eigenvalue weighted by molar-refractivity contribution is 7.88. The molecule has 5 N–H and O–H groups in total. The molecule has 0 radical (unpaired) electrons. The molecule has 0 aliphatic carbocycles. The highest BCUT2D eigenvalue weighted by atomic mass is 32.2. The number of carbonyl (C=O) groups excluding carboxylic acids is 1. The van der Waals surface area contributed by atoms with E-state index in [0.29, 0.717) is 12.1 Å². The molecule has 0 saturated heterocycles. The maximum atomic E-state index is 11.7. The van der Waals surface area contributed by atoms with Gasteiger partial charge in [-0.1, -0.05) is 24.3 Å². The quantitative estimate of drug-likeness (QED) is 0.592. The molecule has 1 rings (SSSR count). The Morgan fingerprint density at radius 2 is 2.00 bits per heavy atom. The fourth-order valence-corrected chi connectivity index (χ4v) is 2.58. The van der Waals surface area contributed by atoms with Gasteiger partial charge in [0.15, 0.2) is 0 Å². The summed E-state index contributed by atoms with van der Waals surface area (Å²) in [5, 5.41) is 0. The first-order chi connectivity index (χ1) is 8.93. The highest BCUT2D eigenvalue weighted by Crippen LogP contribution is 2.08. The Morgan fingerprint density at radius 3 is 2.63 bits per heavy atom. The molecule has 106 valence electrons. The third-order valence-electron chi connectivity index (χ3n) is 2.25. The van der Waals surface area contributed by atoms with Crippen molar-refractivity contribution in [1.82, 2.24) is 4.72 Å². The van der Waals surface area contributed by atoms with E-state index in [1.54, 1.807) is 18.2 Å². The lowest BCUT2D eigenvalue weighted by Crippen LogP contribution is -2.30. The molecule has 0 heterocycles. The fourth-order valence-electron chi connectivity index (χ4n) is 1.47. The van der Waals surface area contributed by atoms with Gasteiger partial charge in [-0.2, -0.15) is 0 Å². The molecule has 0 spiro atoms. The summed E-state index contributed by atoms with van der Waals surface area (Å²) in [6, 6.07) is 7.02. The molecule has 8 heteroatoms. The molecule has 0 fully saturated rings. The first-order valence-electron chi connectivity index (χ1n) is 5.60. The van der Waals surface area contributed by atoms with Gasteiger partial charge in [-0.15, -0.1) is 0 Å². The summed E-state index contributed by atoms with van der Waals surface area (Å²) >= 11 is 0. The number of ether oxygens (including phenoxy) is 1. The summed E-state index contributed by atoms with van der Waals surface area (Å²) in [6.07, 6.45) is -0.935. The zero-order chi connectivity index (χ0) is 14.3. The van der Waals surface area contributed by atoms with Crippen LogP contribution >= 0.6 is 0 Å². The van der Waals surface area contributed by atoms with Crippen molar-refractivity contribution >= 4 is 16.1 Å².